The van der Waals surface area contributed by atoms with E-state index >= 15 is 0 Å². The number of nitrogens with zero attached hydrogens (tertiary/aromatic N) is 2. The highest BCUT2D eigenvalue weighted by molar-refractivity contribution is 5.57. The fourth-order valence-corrected chi connectivity index (χ4v) is 1.66. The van der Waals surface area contributed by atoms with Crippen molar-refractivity contribution in [2.24, 2.45) is 0 Å². The molecule has 2 aromatic rings. The van der Waals surface area contributed by atoms with Crippen LogP contribution in [0.4, 0.5) is 5.82 Å². The quantitative estimate of drug-likeness (QED) is 0.819. The maximum Gasteiger partial charge on any atom is 0.219 e. The Hall–Kier alpha value is -2.14. The highest BCUT2D eigenvalue weighted by Crippen LogP contribution is 2.19. The van der Waals surface area contributed by atoms with Crippen LogP contribution in [0, 0.1) is 0 Å². The lowest BCUT2D eigenvalue weighted by atomic mass is 10.2. The predicted molar refractivity (Wildman–Crippen MR) is 78.5 cm³/mol. The Labute approximate surface area is 118 Å². The summed E-state index contributed by atoms with van der Waals surface area (Å²) in [6, 6.07) is 11.3. The molecule has 1 aromatic carbocycles. The van der Waals surface area contributed by atoms with E-state index in [-0.39, 0.29) is 6.10 Å². The predicted octanol–water partition coefficient (Wildman–Crippen LogP) is 2.53. The first kappa shape index (κ1) is 14.3. The number of hydrogen-bond donors (Lipinski definition) is 1. The van der Waals surface area contributed by atoms with E-state index in [2.05, 4.69) is 9.97 Å². The molecule has 0 fully saturated rings. The van der Waals surface area contributed by atoms with Gasteiger partial charge in [0.2, 0.25) is 5.88 Å². The zero-order valence-corrected chi connectivity index (χ0v) is 11.7. The first-order chi connectivity index (χ1) is 9.65. The van der Waals surface area contributed by atoms with E-state index < -0.39 is 0 Å². The standard InChI is InChI=1S/C15H19N3O2/c1-11(2)19-8-9-20-14-10-13(16)17-15(18-14)12-6-4-3-5-7-12/h3-7,10-11H,8-9H2,1-2H3,(H2,16,17,18). The Bertz CT molecular complexity index is 544. The van der Waals surface area contributed by atoms with Crippen molar-refractivity contribution in [3.05, 3.63) is 36.4 Å². The highest BCUT2D eigenvalue weighted by atomic mass is 16.5. The number of nitrogens with two attached hydrogens (primary N) is 1. The van der Waals surface area contributed by atoms with E-state index in [9.17, 15) is 0 Å². The second kappa shape index (κ2) is 6.86. The second-order valence-corrected chi connectivity index (χ2v) is 4.59. The van der Waals surface area contributed by atoms with Gasteiger partial charge in [-0.2, -0.15) is 4.98 Å². The molecular formula is C15H19N3O2. The van der Waals surface area contributed by atoms with Crippen LogP contribution < -0.4 is 10.5 Å². The lowest BCUT2D eigenvalue weighted by Gasteiger charge is -2.10. The molecule has 0 amide bonds. The number of benzene rings is 1. The average molecular weight is 273 g/mol. The van der Waals surface area contributed by atoms with Gasteiger partial charge < -0.3 is 15.2 Å². The molecule has 1 aromatic heterocycles. The van der Waals surface area contributed by atoms with E-state index in [0.29, 0.717) is 30.7 Å². The second-order valence-electron chi connectivity index (χ2n) is 4.59. The Morgan fingerprint density at radius 2 is 1.85 bits per heavy atom. The van der Waals surface area contributed by atoms with Gasteiger partial charge in [0.25, 0.3) is 0 Å². The smallest absolute Gasteiger partial charge is 0.219 e. The van der Waals surface area contributed by atoms with Crippen molar-refractivity contribution in [2.45, 2.75) is 20.0 Å². The molecule has 106 valence electrons. The normalized spacial score (nSPS) is 10.8. The molecule has 0 atom stereocenters. The number of anilines is 1. The molecule has 0 aliphatic heterocycles. The van der Waals surface area contributed by atoms with Gasteiger partial charge in [-0.25, -0.2) is 4.98 Å². The summed E-state index contributed by atoms with van der Waals surface area (Å²) in [6.45, 7) is 4.91. The van der Waals surface area contributed by atoms with Crippen LogP contribution in [-0.2, 0) is 4.74 Å². The van der Waals surface area contributed by atoms with Gasteiger partial charge in [0.15, 0.2) is 5.82 Å². The molecular weight excluding hydrogens is 254 g/mol. The summed E-state index contributed by atoms with van der Waals surface area (Å²) in [4.78, 5) is 8.57. The summed E-state index contributed by atoms with van der Waals surface area (Å²) >= 11 is 0. The molecule has 2 N–H and O–H groups in total. The molecule has 0 saturated heterocycles. The van der Waals surface area contributed by atoms with Gasteiger partial charge in [-0.15, -0.1) is 0 Å². The molecule has 0 spiro atoms. The summed E-state index contributed by atoms with van der Waals surface area (Å²) in [5, 5.41) is 0. The highest BCUT2D eigenvalue weighted by Gasteiger charge is 2.06. The molecule has 2 rings (SSSR count). The van der Waals surface area contributed by atoms with Crippen LogP contribution in [-0.4, -0.2) is 29.3 Å². The third-order valence-electron chi connectivity index (χ3n) is 2.54. The molecule has 20 heavy (non-hydrogen) atoms. The van der Waals surface area contributed by atoms with Gasteiger partial charge in [-0.1, -0.05) is 30.3 Å². The van der Waals surface area contributed by atoms with Gasteiger partial charge in [-0.05, 0) is 13.8 Å². The van der Waals surface area contributed by atoms with E-state index in [1.54, 1.807) is 6.07 Å². The third-order valence-corrected chi connectivity index (χ3v) is 2.54. The van der Waals surface area contributed by atoms with Crippen molar-refractivity contribution in [3.63, 3.8) is 0 Å². The number of rotatable bonds is 6. The molecule has 0 bridgehead atoms. The van der Waals surface area contributed by atoms with Gasteiger partial charge in [-0.3, -0.25) is 0 Å². The summed E-state index contributed by atoms with van der Waals surface area (Å²) < 4.78 is 11.0. The molecule has 5 heteroatoms. The van der Waals surface area contributed by atoms with Crippen LogP contribution >= 0.6 is 0 Å². The third kappa shape index (κ3) is 4.20. The lowest BCUT2D eigenvalue weighted by Crippen LogP contribution is -2.12. The van der Waals surface area contributed by atoms with E-state index in [0.717, 1.165) is 5.56 Å². The molecule has 5 nitrogen and oxygen atoms in total. The van der Waals surface area contributed by atoms with Gasteiger partial charge >= 0.3 is 0 Å². The Balaban J connectivity index is 2.05. The number of aromatic nitrogens is 2. The van der Waals surface area contributed by atoms with Crippen LogP contribution in [0.1, 0.15) is 13.8 Å². The minimum Gasteiger partial charge on any atom is -0.475 e. The SMILES string of the molecule is CC(C)OCCOc1cc(N)nc(-c2ccccc2)n1. The van der Waals surface area contributed by atoms with Gasteiger partial charge in [0, 0.05) is 11.6 Å². The fourth-order valence-electron chi connectivity index (χ4n) is 1.66. The van der Waals surface area contributed by atoms with E-state index in [4.69, 9.17) is 15.2 Å². The van der Waals surface area contributed by atoms with E-state index in [1.807, 2.05) is 44.2 Å². The monoisotopic (exact) mass is 273 g/mol. The molecule has 0 saturated carbocycles. The zero-order valence-electron chi connectivity index (χ0n) is 11.7. The molecule has 0 aliphatic carbocycles. The van der Waals surface area contributed by atoms with Crippen LogP contribution in [0.15, 0.2) is 36.4 Å². The minimum absolute atomic E-state index is 0.189. The number of nitrogen functional groups attached to an aromatic ring is 1. The topological polar surface area (TPSA) is 70.3 Å². The van der Waals surface area contributed by atoms with Crippen molar-refractivity contribution in [1.29, 1.82) is 0 Å². The lowest BCUT2D eigenvalue weighted by molar-refractivity contribution is 0.0542. The van der Waals surface area contributed by atoms with E-state index in [1.165, 1.54) is 0 Å². The Kier molecular flexibility index (Phi) is 4.90. The van der Waals surface area contributed by atoms with Crippen molar-refractivity contribution >= 4 is 5.82 Å². The fraction of sp³-hybridized carbons (Fsp3) is 0.333. The first-order valence-electron chi connectivity index (χ1n) is 6.59. The van der Waals surface area contributed by atoms with Gasteiger partial charge in [0.05, 0.1) is 12.7 Å². The van der Waals surface area contributed by atoms with Crippen LogP contribution in [0.5, 0.6) is 5.88 Å². The van der Waals surface area contributed by atoms with Crippen molar-refractivity contribution < 1.29 is 9.47 Å². The van der Waals surface area contributed by atoms with Crippen molar-refractivity contribution in [3.8, 4) is 17.3 Å². The molecule has 0 unspecified atom stereocenters. The Morgan fingerprint density at radius 3 is 2.55 bits per heavy atom. The largest absolute Gasteiger partial charge is 0.475 e. The molecule has 1 heterocycles. The first-order valence-corrected chi connectivity index (χ1v) is 6.59. The maximum atomic E-state index is 5.79. The van der Waals surface area contributed by atoms with Crippen molar-refractivity contribution in [1.82, 2.24) is 9.97 Å². The average Bonchev–Trinajstić information content (AvgIpc) is 2.44. The van der Waals surface area contributed by atoms with Crippen LogP contribution in [0.25, 0.3) is 11.4 Å². The summed E-state index contributed by atoms with van der Waals surface area (Å²) in [5.74, 6) is 1.41. The molecule has 0 radical (unpaired) electrons. The van der Waals surface area contributed by atoms with Crippen molar-refractivity contribution in [2.75, 3.05) is 18.9 Å². The van der Waals surface area contributed by atoms with Gasteiger partial charge in [0.1, 0.15) is 12.4 Å². The van der Waals surface area contributed by atoms with Crippen LogP contribution in [0.3, 0.4) is 0 Å². The maximum absolute atomic E-state index is 5.79. The van der Waals surface area contributed by atoms with Crippen LogP contribution in [0.2, 0.25) is 0 Å². The number of ether oxygens (including phenoxy) is 2. The molecule has 0 aliphatic rings. The summed E-state index contributed by atoms with van der Waals surface area (Å²) in [5.41, 5.74) is 6.69. The minimum atomic E-state index is 0.189. The Morgan fingerprint density at radius 1 is 1.10 bits per heavy atom. The zero-order chi connectivity index (χ0) is 14.4. The number of hydrogen-bond acceptors (Lipinski definition) is 5. The summed E-state index contributed by atoms with van der Waals surface area (Å²) in [6.07, 6.45) is 0.189. The summed E-state index contributed by atoms with van der Waals surface area (Å²) in [7, 11) is 0.